The molecule has 2 atom stereocenters. The Balaban J connectivity index is 1.97. The van der Waals surface area contributed by atoms with Crippen LogP contribution in [-0.4, -0.2) is 5.11 Å². The minimum absolute atomic E-state index is 0.0323. The first kappa shape index (κ1) is 12.7. The van der Waals surface area contributed by atoms with Crippen molar-refractivity contribution in [3.63, 3.8) is 0 Å². The first-order valence-electron chi connectivity index (χ1n) is 6.57. The van der Waals surface area contributed by atoms with Crippen molar-refractivity contribution in [1.82, 2.24) is 0 Å². The molecule has 1 aromatic carbocycles. The molecule has 1 aromatic heterocycles. The van der Waals surface area contributed by atoms with Crippen molar-refractivity contribution in [3.05, 3.63) is 50.7 Å². The van der Waals surface area contributed by atoms with Crippen LogP contribution >= 0.6 is 11.3 Å². The van der Waals surface area contributed by atoms with Crippen molar-refractivity contribution in [2.45, 2.75) is 39.4 Å². The smallest absolute Gasteiger partial charge is 0.128 e. The zero-order chi connectivity index (χ0) is 13.6. The Morgan fingerprint density at radius 2 is 1.95 bits per heavy atom. The monoisotopic (exact) mass is 274 g/mol. The Morgan fingerprint density at radius 1 is 1.16 bits per heavy atom. The molecular formula is C16H18O2S. The van der Waals surface area contributed by atoms with Crippen LogP contribution in [-0.2, 0) is 0 Å². The highest BCUT2D eigenvalue weighted by Gasteiger charge is 2.29. The van der Waals surface area contributed by atoms with Gasteiger partial charge in [0.05, 0.1) is 6.10 Å². The summed E-state index contributed by atoms with van der Waals surface area (Å²) < 4.78 is 6.08. The van der Waals surface area contributed by atoms with E-state index in [1.165, 1.54) is 15.3 Å². The van der Waals surface area contributed by atoms with Gasteiger partial charge in [0.1, 0.15) is 11.9 Å². The summed E-state index contributed by atoms with van der Waals surface area (Å²) in [6.07, 6.45) is 0.163. The van der Waals surface area contributed by atoms with Gasteiger partial charge in [-0.15, -0.1) is 11.3 Å². The normalized spacial score (nSPS) is 21.9. The van der Waals surface area contributed by atoms with Crippen molar-refractivity contribution in [2.24, 2.45) is 0 Å². The molecule has 0 bridgehead atoms. The van der Waals surface area contributed by atoms with E-state index >= 15 is 0 Å². The van der Waals surface area contributed by atoms with E-state index < -0.39 is 6.10 Å². The van der Waals surface area contributed by atoms with Gasteiger partial charge in [0.25, 0.3) is 0 Å². The third-order valence-corrected chi connectivity index (χ3v) is 4.64. The highest BCUT2D eigenvalue weighted by atomic mass is 32.1. The number of aliphatic hydroxyl groups is 1. The second-order valence-electron chi connectivity index (χ2n) is 5.27. The van der Waals surface area contributed by atoms with Gasteiger partial charge < -0.3 is 9.84 Å². The molecule has 0 saturated heterocycles. The van der Waals surface area contributed by atoms with Gasteiger partial charge in [0.15, 0.2) is 0 Å². The molecule has 0 fully saturated rings. The van der Waals surface area contributed by atoms with Gasteiger partial charge in [-0.3, -0.25) is 0 Å². The van der Waals surface area contributed by atoms with Crippen LogP contribution in [0.25, 0.3) is 0 Å². The maximum Gasteiger partial charge on any atom is 0.128 e. The van der Waals surface area contributed by atoms with Gasteiger partial charge in [-0.1, -0.05) is 11.6 Å². The Bertz CT molecular complexity index is 615. The Hall–Kier alpha value is -1.32. The van der Waals surface area contributed by atoms with Crippen molar-refractivity contribution >= 4 is 11.3 Å². The molecule has 0 saturated carbocycles. The summed E-state index contributed by atoms with van der Waals surface area (Å²) in [4.78, 5) is 2.57. The van der Waals surface area contributed by atoms with E-state index in [-0.39, 0.29) is 6.10 Å². The predicted molar refractivity (Wildman–Crippen MR) is 77.9 cm³/mol. The number of benzene rings is 1. The maximum absolute atomic E-state index is 10.3. The zero-order valence-corrected chi connectivity index (χ0v) is 12.3. The van der Waals surface area contributed by atoms with Crippen LogP contribution in [0.3, 0.4) is 0 Å². The van der Waals surface area contributed by atoms with E-state index in [1.807, 2.05) is 25.1 Å². The fourth-order valence-electron chi connectivity index (χ4n) is 2.73. The molecule has 0 amide bonds. The molecule has 2 unspecified atom stereocenters. The lowest BCUT2D eigenvalue weighted by Gasteiger charge is -2.30. The van der Waals surface area contributed by atoms with Gasteiger partial charge in [0, 0.05) is 27.3 Å². The van der Waals surface area contributed by atoms with E-state index in [0.717, 1.165) is 16.9 Å². The van der Waals surface area contributed by atoms with E-state index in [4.69, 9.17) is 4.74 Å². The lowest BCUT2D eigenvalue weighted by Crippen LogP contribution is -2.19. The third-order valence-electron chi connectivity index (χ3n) is 3.66. The van der Waals surface area contributed by atoms with Gasteiger partial charge in [-0.05, 0) is 39.0 Å². The minimum Gasteiger partial charge on any atom is -0.485 e. The van der Waals surface area contributed by atoms with Gasteiger partial charge in [0.2, 0.25) is 0 Å². The molecule has 2 nitrogen and oxygen atoms in total. The van der Waals surface area contributed by atoms with E-state index in [0.29, 0.717) is 6.42 Å². The molecule has 19 heavy (non-hydrogen) atoms. The van der Waals surface area contributed by atoms with Gasteiger partial charge in [-0.25, -0.2) is 0 Å². The number of hydrogen-bond acceptors (Lipinski definition) is 3. The molecule has 3 rings (SSSR count). The number of aliphatic hydroxyl groups excluding tert-OH is 1. The Labute approximate surface area is 117 Å². The molecule has 3 heteroatoms. The topological polar surface area (TPSA) is 29.5 Å². The summed E-state index contributed by atoms with van der Waals surface area (Å²) in [5.74, 6) is 0.817. The largest absolute Gasteiger partial charge is 0.485 e. The van der Waals surface area contributed by atoms with Crippen molar-refractivity contribution in [3.8, 4) is 5.75 Å². The first-order valence-corrected chi connectivity index (χ1v) is 7.38. The average Bonchev–Trinajstić information content (AvgIpc) is 2.69. The number of rotatable bonds is 1. The third kappa shape index (κ3) is 2.28. The molecule has 1 aliphatic heterocycles. The summed E-state index contributed by atoms with van der Waals surface area (Å²) in [6, 6.07) is 8.19. The van der Waals surface area contributed by atoms with Crippen LogP contribution in [0, 0.1) is 20.8 Å². The Kier molecular flexibility index (Phi) is 3.11. The van der Waals surface area contributed by atoms with E-state index in [1.54, 1.807) is 11.3 Å². The molecule has 1 N–H and O–H groups in total. The van der Waals surface area contributed by atoms with Crippen molar-refractivity contribution < 1.29 is 9.84 Å². The SMILES string of the molecule is Cc1ccc2c(c1)C(O)CC(c1cc(C)sc1C)O2. The minimum atomic E-state index is -0.437. The number of ether oxygens (including phenoxy) is 1. The van der Waals surface area contributed by atoms with Crippen LogP contribution < -0.4 is 4.74 Å². The lowest BCUT2D eigenvalue weighted by atomic mass is 9.94. The summed E-state index contributed by atoms with van der Waals surface area (Å²) in [5, 5.41) is 10.3. The van der Waals surface area contributed by atoms with Gasteiger partial charge in [-0.2, -0.15) is 0 Å². The van der Waals surface area contributed by atoms with Crippen LogP contribution in [0.15, 0.2) is 24.3 Å². The fourth-order valence-corrected chi connectivity index (χ4v) is 3.70. The summed E-state index contributed by atoms with van der Waals surface area (Å²) in [5.41, 5.74) is 3.29. The average molecular weight is 274 g/mol. The predicted octanol–water partition coefficient (Wildman–Crippen LogP) is 4.23. The molecule has 1 aliphatic rings. The van der Waals surface area contributed by atoms with E-state index in [9.17, 15) is 5.11 Å². The molecule has 2 aromatic rings. The quantitative estimate of drug-likeness (QED) is 0.843. The fraction of sp³-hybridized carbons (Fsp3) is 0.375. The van der Waals surface area contributed by atoms with Crippen LogP contribution in [0.5, 0.6) is 5.75 Å². The van der Waals surface area contributed by atoms with Crippen LogP contribution in [0.2, 0.25) is 0 Å². The number of fused-ring (bicyclic) bond motifs is 1. The summed E-state index contributed by atoms with van der Waals surface area (Å²) in [6.45, 7) is 6.26. The van der Waals surface area contributed by atoms with Crippen molar-refractivity contribution in [2.75, 3.05) is 0 Å². The zero-order valence-electron chi connectivity index (χ0n) is 11.4. The van der Waals surface area contributed by atoms with Gasteiger partial charge >= 0.3 is 0 Å². The van der Waals surface area contributed by atoms with Crippen molar-refractivity contribution in [1.29, 1.82) is 0 Å². The molecule has 100 valence electrons. The van der Waals surface area contributed by atoms with Crippen LogP contribution in [0.4, 0.5) is 0 Å². The maximum atomic E-state index is 10.3. The summed E-state index contributed by atoms with van der Waals surface area (Å²) in [7, 11) is 0. The van der Waals surface area contributed by atoms with Crippen LogP contribution in [0.1, 0.15) is 45.1 Å². The molecule has 0 radical (unpaired) electrons. The summed E-state index contributed by atoms with van der Waals surface area (Å²) >= 11 is 1.79. The Morgan fingerprint density at radius 3 is 2.63 bits per heavy atom. The molecular weight excluding hydrogens is 256 g/mol. The molecule has 0 aliphatic carbocycles. The number of aryl methyl sites for hydroxylation is 3. The molecule has 0 spiro atoms. The van der Waals surface area contributed by atoms with E-state index in [2.05, 4.69) is 19.9 Å². The second-order valence-corrected chi connectivity index (χ2v) is 6.73. The standard InChI is InChI=1S/C16H18O2S/c1-9-4-5-15-13(6-9)14(17)8-16(18-15)12-7-10(2)19-11(12)3/h4-7,14,16-17H,8H2,1-3H3. The molecule has 2 heterocycles. The second kappa shape index (κ2) is 4.66. The lowest BCUT2D eigenvalue weighted by molar-refractivity contribution is 0.0656. The highest BCUT2D eigenvalue weighted by molar-refractivity contribution is 7.12. The first-order chi connectivity index (χ1) is 9.04. The number of thiophene rings is 1. The highest BCUT2D eigenvalue weighted by Crippen LogP contribution is 2.43. The number of hydrogen-bond donors (Lipinski definition) is 1.